The lowest BCUT2D eigenvalue weighted by atomic mass is 10.3. The van der Waals surface area contributed by atoms with Crippen LogP contribution in [0.25, 0.3) is 10.2 Å². The fourth-order valence-corrected chi connectivity index (χ4v) is 3.37. The number of hydrogen-bond acceptors (Lipinski definition) is 5. The maximum absolute atomic E-state index is 13.5. The van der Waals surface area contributed by atoms with Gasteiger partial charge in [-0.15, -0.1) is 11.3 Å². The van der Waals surface area contributed by atoms with Gasteiger partial charge in [0, 0.05) is 11.4 Å². The molecule has 2 aromatic carbocycles. The maximum atomic E-state index is 13.5. The first-order valence-electron chi connectivity index (χ1n) is 7.76. The summed E-state index contributed by atoms with van der Waals surface area (Å²) in [6, 6.07) is 11.5. The first-order chi connectivity index (χ1) is 12.5. The normalized spacial score (nSPS) is 10.7. The molecule has 1 aromatic heterocycles. The van der Waals surface area contributed by atoms with E-state index in [1.807, 2.05) is 24.3 Å². The van der Waals surface area contributed by atoms with Gasteiger partial charge < -0.3 is 10.1 Å². The molecule has 3 rings (SSSR count). The van der Waals surface area contributed by atoms with Crippen LogP contribution in [0.5, 0.6) is 0 Å². The molecule has 0 fully saturated rings. The summed E-state index contributed by atoms with van der Waals surface area (Å²) < 4.78 is 19.5. The van der Waals surface area contributed by atoms with Crippen LogP contribution in [0, 0.1) is 5.82 Å². The summed E-state index contributed by atoms with van der Waals surface area (Å²) in [6.45, 7) is -0.495. The van der Waals surface area contributed by atoms with Crippen molar-refractivity contribution in [3.8, 4) is 0 Å². The van der Waals surface area contributed by atoms with Gasteiger partial charge in [0.1, 0.15) is 5.82 Å². The Morgan fingerprint density at radius 1 is 1.23 bits per heavy atom. The number of esters is 1. The van der Waals surface area contributed by atoms with Gasteiger partial charge in [0.05, 0.1) is 27.3 Å². The molecule has 3 aromatic rings. The molecule has 1 heterocycles. The highest BCUT2D eigenvalue weighted by atomic mass is 35.5. The predicted molar refractivity (Wildman–Crippen MR) is 98.9 cm³/mol. The number of anilines is 1. The van der Waals surface area contributed by atoms with Crippen molar-refractivity contribution in [2.45, 2.75) is 12.8 Å². The first kappa shape index (κ1) is 18.3. The van der Waals surface area contributed by atoms with Crippen molar-refractivity contribution in [1.29, 1.82) is 0 Å². The Kier molecular flexibility index (Phi) is 5.80. The zero-order valence-corrected chi connectivity index (χ0v) is 15.1. The number of ether oxygens (including phenoxy) is 1. The molecule has 0 atom stereocenters. The summed E-state index contributed by atoms with van der Waals surface area (Å²) in [5.41, 5.74) is 0.830. The van der Waals surface area contributed by atoms with Gasteiger partial charge in [-0.2, -0.15) is 0 Å². The monoisotopic (exact) mass is 392 g/mol. The Balaban J connectivity index is 1.46. The molecule has 8 heteroatoms. The Hall–Kier alpha value is -2.51. The number of amides is 1. The lowest BCUT2D eigenvalue weighted by Gasteiger charge is -2.07. The smallest absolute Gasteiger partial charge is 0.306 e. The van der Waals surface area contributed by atoms with E-state index in [0.29, 0.717) is 6.42 Å². The highest BCUT2D eigenvalue weighted by Gasteiger charge is 2.12. The lowest BCUT2D eigenvalue weighted by molar-refractivity contribution is -0.147. The van der Waals surface area contributed by atoms with E-state index in [1.165, 1.54) is 23.5 Å². The SMILES string of the molecule is O=C(COC(=O)CCc1nc2ccccc2s1)Nc1cc(Cl)ccc1F. The van der Waals surface area contributed by atoms with Gasteiger partial charge in [-0.05, 0) is 30.3 Å². The van der Waals surface area contributed by atoms with Gasteiger partial charge in [0.15, 0.2) is 6.61 Å². The summed E-state index contributed by atoms with van der Waals surface area (Å²) in [5.74, 6) is -1.78. The topological polar surface area (TPSA) is 68.3 Å². The molecule has 134 valence electrons. The lowest BCUT2D eigenvalue weighted by Crippen LogP contribution is -2.21. The summed E-state index contributed by atoms with van der Waals surface area (Å²) in [5, 5.41) is 3.43. The second-order valence-corrected chi connectivity index (χ2v) is 6.96. The summed E-state index contributed by atoms with van der Waals surface area (Å²) in [6.07, 6.45) is 0.543. The van der Waals surface area contributed by atoms with Crippen molar-refractivity contribution in [2.24, 2.45) is 0 Å². The Bertz CT molecular complexity index is 928. The summed E-state index contributed by atoms with van der Waals surface area (Å²) >= 11 is 7.26. The Morgan fingerprint density at radius 3 is 2.85 bits per heavy atom. The van der Waals surface area contributed by atoms with Gasteiger partial charge in [0.25, 0.3) is 5.91 Å². The van der Waals surface area contributed by atoms with E-state index in [1.54, 1.807) is 0 Å². The second-order valence-electron chi connectivity index (χ2n) is 5.41. The van der Waals surface area contributed by atoms with Crippen molar-refractivity contribution in [1.82, 2.24) is 4.98 Å². The van der Waals surface area contributed by atoms with E-state index >= 15 is 0 Å². The average molecular weight is 393 g/mol. The second kappa shape index (κ2) is 8.25. The van der Waals surface area contributed by atoms with Crippen molar-refractivity contribution < 1.29 is 18.7 Å². The van der Waals surface area contributed by atoms with Crippen molar-refractivity contribution in [3.63, 3.8) is 0 Å². The number of benzene rings is 2. The third-order valence-corrected chi connectivity index (χ3v) is 4.78. The Labute approximate surface area is 157 Å². The third-order valence-electron chi connectivity index (χ3n) is 3.45. The fraction of sp³-hybridized carbons (Fsp3) is 0.167. The number of carbonyl (C=O) groups is 2. The molecule has 0 saturated carbocycles. The highest BCUT2D eigenvalue weighted by molar-refractivity contribution is 7.18. The number of fused-ring (bicyclic) bond motifs is 1. The minimum Gasteiger partial charge on any atom is -0.456 e. The molecule has 0 aliphatic rings. The van der Waals surface area contributed by atoms with E-state index in [2.05, 4.69) is 10.3 Å². The largest absolute Gasteiger partial charge is 0.456 e. The van der Waals surface area contributed by atoms with E-state index in [9.17, 15) is 14.0 Å². The van der Waals surface area contributed by atoms with Crippen molar-refractivity contribution >= 4 is 50.7 Å². The van der Waals surface area contributed by atoms with Crippen LogP contribution in [-0.2, 0) is 20.7 Å². The quantitative estimate of drug-likeness (QED) is 0.638. The van der Waals surface area contributed by atoms with Crippen LogP contribution < -0.4 is 5.32 Å². The van der Waals surface area contributed by atoms with E-state index in [4.69, 9.17) is 16.3 Å². The number of nitrogens with one attached hydrogen (secondary N) is 1. The molecule has 0 radical (unpaired) electrons. The molecule has 0 saturated heterocycles. The molecule has 1 amide bonds. The van der Waals surface area contributed by atoms with Gasteiger partial charge in [-0.1, -0.05) is 23.7 Å². The zero-order chi connectivity index (χ0) is 18.5. The predicted octanol–water partition coefficient (Wildman–Crippen LogP) is 4.20. The van der Waals surface area contributed by atoms with Crippen LogP contribution in [0.15, 0.2) is 42.5 Å². The number of para-hydroxylation sites is 1. The fourth-order valence-electron chi connectivity index (χ4n) is 2.23. The molecule has 5 nitrogen and oxygen atoms in total. The molecule has 0 spiro atoms. The number of rotatable bonds is 6. The molecule has 0 aliphatic heterocycles. The number of halogens is 2. The van der Waals surface area contributed by atoms with Crippen LogP contribution in [0.4, 0.5) is 10.1 Å². The van der Waals surface area contributed by atoms with Crippen molar-refractivity contribution in [3.05, 3.63) is 58.3 Å². The molecule has 0 aliphatic carbocycles. The van der Waals surface area contributed by atoms with Gasteiger partial charge in [-0.3, -0.25) is 9.59 Å². The van der Waals surface area contributed by atoms with Gasteiger partial charge in [0.2, 0.25) is 0 Å². The molecular weight excluding hydrogens is 379 g/mol. The molecule has 1 N–H and O–H groups in total. The molecule has 0 bridgehead atoms. The van der Waals surface area contributed by atoms with E-state index in [-0.39, 0.29) is 17.1 Å². The van der Waals surface area contributed by atoms with Crippen LogP contribution in [0.2, 0.25) is 5.02 Å². The van der Waals surface area contributed by atoms with Crippen molar-refractivity contribution in [2.75, 3.05) is 11.9 Å². The van der Waals surface area contributed by atoms with Crippen LogP contribution >= 0.6 is 22.9 Å². The van der Waals surface area contributed by atoms with Crippen LogP contribution in [-0.4, -0.2) is 23.5 Å². The maximum Gasteiger partial charge on any atom is 0.306 e. The van der Waals surface area contributed by atoms with Gasteiger partial charge >= 0.3 is 5.97 Å². The Morgan fingerprint density at radius 2 is 2.04 bits per heavy atom. The number of aromatic nitrogens is 1. The van der Waals surface area contributed by atoms with Gasteiger partial charge in [-0.25, -0.2) is 9.37 Å². The van der Waals surface area contributed by atoms with Crippen LogP contribution in [0.1, 0.15) is 11.4 Å². The highest BCUT2D eigenvalue weighted by Crippen LogP contribution is 2.22. The number of thiazole rings is 1. The standard InChI is InChI=1S/C18H14ClFN2O3S/c19-11-5-6-12(20)14(9-11)21-16(23)10-25-18(24)8-7-17-22-13-3-1-2-4-15(13)26-17/h1-6,9H,7-8,10H2,(H,21,23). The number of nitrogens with zero attached hydrogens (tertiary/aromatic N) is 1. The first-order valence-corrected chi connectivity index (χ1v) is 8.95. The molecular formula is C18H14ClFN2O3S. The summed E-state index contributed by atoms with van der Waals surface area (Å²) in [4.78, 5) is 28.0. The van der Waals surface area contributed by atoms with E-state index in [0.717, 1.165) is 21.3 Å². The minimum atomic E-state index is -0.639. The minimum absolute atomic E-state index is 0.0620. The zero-order valence-electron chi connectivity index (χ0n) is 13.5. The van der Waals surface area contributed by atoms with E-state index < -0.39 is 24.3 Å². The molecule has 26 heavy (non-hydrogen) atoms. The number of carbonyl (C=O) groups excluding carboxylic acids is 2. The number of aryl methyl sites for hydroxylation is 1. The third kappa shape index (κ3) is 4.77. The number of hydrogen-bond donors (Lipinski definition) is 1. The molecule has 0 unspecified atom stereocenters. The average Bonchev–Trinajstić information content (AvgIpc) is 3.04. The summed E-state index contributed by atoms with van der Waals surface area (Å²) in [7, 11) is 0. The van der Waals surface area contributed by atoms with Crippen LogP contribution in [0.3, 0.4) is 0 Å².